The van der Waals surface area contributed by atoms with Gasteiger partial charge in [0.1, 0.15) is 6.10 Å². The third kappa shape index (κ3) is 0.628. The summed E-state index contributed by atoms with van der Waals surface area (Å²) in [6.45, 7) is 2.02. The summed E-state index contributed by atoms with van der Waals surface area (Å²) in [5.41, 5.74) is 1.18. The summed E-state index contributed by atoms with van der Waals surface area (Å²) >= 11 is 1.58. The van der Waals surface area contributed by atoms with Crippen molar-refractivity contribution in [2.24, 2.45) is 0 Å². The standard InChI is InChI=1S/C8H9O2S2/c1-5-4-7-6-2-3-11-8(6)12(5,9)10-7/h2-3,5,7H,4H2,1H3/q+1/t5-,7-,12?/m0/s1. The Morgan fingerprint density at radius 1 is 1.75 bits per heavy atom. The molecule has 2 bridgehead atoms. The van der Waals surface area contributed by atoms with Gasteiger partial charge in [0.05, 0.1) is 5.56 Å². The van der Waals surface area contributed by atoms with Crippen LogP contribution in [0.1, 0.15) is 25.0 Å². The van der Waals surface area contributed by atoms with Crippen LogP contribution in [0.15, 0.2) is 15.7 Å². The normalized spacial score (nSPS) is 43.4. The Balaban J connectivity index is 2.31. The molecule has 2 nitrogen and oxygen atoms in total. The average Bonchev–Trinajstić information content (AvgIpc) is 2.60. The van der Waals surface area contributed by atoms with E-state index in [2.05, 4.69) is 0 Å². The molecule has 1 unspecified atom stereocenters. The summed E-state index contributed by atoms with van der Waals surface area (Å²) in [7, 11) is -2.09. The first-order valence-corrected chi connectivity index (χ1v) is 6.43. The molecule has 0 saturated carbocycles. The van der Waals surface area contributed by atoms with Gasteiger partial charge in [-0.25, -0.2) is 0 Å². The van der Waals surface area contributed by atoms with Crippen LogP contribution in [-0.2, 0) is 18.6 Å². The lowest BCUT2D eigenvalue weighted by Gasteiger charge is -2.04. The van der Waals surface area contributed by atoms with Crippen LogP contribution in [-0.4, -0.2) is 5.25 Å². The molecule has 4 heteroatoms. The maximum Gasteiger partial charge on any atom is 0.264 e. The van der Waals surface area contributed by atoms with Crippen molar-refractivity contribution in [2.75, 3.05) is 0 Å². The highest BCUT2D eigenvalue weighted by atomic mass is 32.3. The first-order chi connectivity index (χ1) is 5.72. The number of hydrogen-bond donors (Lipinski definition) is 0. The monoisotopic (exact) mass is 201 g/mol. The number of rotatable bonds is 0. The molecule has 64 valence electrons. The maximum atomic E-state index is 12.2. The quantitative estimate of drug-likeness (QED) is 0.602. The zero-order valence-electron chi connectivity index (χ0n) is 6.65. The van der Waals surface area contributed by atoms with Gasteiger partial charge in [-0.3, -0.25) is 0 Å². The molecule has 0 N–H and O–H groups in total. The molecule has 1 fully saturated rings. The van der Waals surface area contributed by atoms with Crippen molar-refractivity contribution in [3.05, 3.63) is 17.0 Å². The largest absolute Gasteiger partial charge is 0.264 e. The highest BCUT2D eigenvalue weighted by Crippen LogP contribution is 2.55. The molecule has 12 heavy (non-hydrogen) atoms. The average molecular weight is 201 g/mol. The lowest BCUT2D eigenvalue weighted by Crippen LogP contribution is -2.18. The molecular formula is C8H9O2S2+. The van der Waals surface area contributed by atoms with Crippen LogP contribution >= 0.6 is 11.3 Å². The highest BCUT2D eigenvalue weighted by Gasteiger charge is 2.60. The Bertz CT molecular complexity index is 382. The van der Waals surface area contributed by atoms with Crippen molar-refractivity contribution in [3.63, 3.8) is 0 Å². The van der Waals surface area contributed by atoms with E-state index in [1.165, 1.54) is 5.56 Å². The second-order valence-electron chi connectivity index (χ2n) is 3.34. The maximum absolute atomic E-state index is 12.2. The number of hydrogen-bond acceptors (Lipinski definition) is 3. The zero-order chi connectivity index (χ0) is 8.34. The van der Waals surface area contributed by atoms with E-state index in [0.29, 0.717) is 0 Å². The summed E-state index contributed by atoms with van der Waals surface area (Å²) in [5, 5.41) is 2.23. The first-order valence-electron chi connectivity index (χ1n) is 4.00. The van der Waals surface area contributed by atoms with E-state index in [-0.39, 0.29) is 11.4 Å². The molecule has 3 heterocycles. The number of fused-ring (bicyclic) bond motifs is 5. The van der Waals surface area contributed by atoms with E-state index in [9.17, 15) is 4.21 Å². The third-order valence-electron chi connectivity index (χ3n) is 2.60. The second kappa shape index (κ2) is 2.00. The van der Waals surface area contributed by atoms with Crippen LogP contribution in [0.3, 0.4) is 0 Å². The summed E-state index contributed by atoms with van der Waals surface area (Å²) in [4.78, 5) is 0. The molecule has 2 aliphatic heterocycles. The van der Waals surface area contributed by atoms with Gasteiger partial charge in [0.2, 0.25) is 0 Å². The van der Waals surface area contributed by atoms with Crippen LogP contribution < -0.4 is 0 Å². The fraction of sp³-hybridized carbons (Fsp3) is 0.500. The summed E-state index contributed by atoms with van der Waals surface area (Å²) < 4.78 is 18.7. The van der Waals surface area contributed by atoms with Gasteiger partial charge in [0.25, 0.3) is 14.4 Å². The Morgan fingerprint density at radius 2 is 2.58 bits per heavy atom. The lowest BCUT2D eigenvalue weighted by molar-refractivity contribution is 0.259. The van der Waals surface area contributed by atoms with E-state index >= 15 is 0 Å². The van der Waals surface area contributed by atoms with Crippen LogP contribution in [0, 0.1) is 0 Å². The molecule has 0 aromatic carbocycles. The van der Waals surface area contributed by atoms with Crippen molar-refractivity contribution in [2.45, 2.75) is 28.9 Å². The van der Waals surface area contributed by atoms with Gasteiger partial charge in [-0.15, -0.1) is 0 Å². The molecule has 1 aromatic rings. The molecule has 0 aliphatic carbocycles. The van der Waals surface area contributed by atoms with E-state index in [0.717, 1.165) is 10.6 Å². The molecule has 0 radical (unpaired) electrons. The molecule has 3 atom stereocenters. The van der Waals surface area contributed by atoms with Gasteiger partial charge in [-0.2, -0.15) is 4.18 Å². The van der Waals surface area contributed by atoms with Gasteiger partial charge in [-0.1, -0.05) is 15.5 Å². The summed E-state index contributed by atoms with van der Waals surface area (Å²) in [5.74, 6) is 0. The van der Waals surface area contributed by atoms with Gasteiger partial charge >= 0.3 is 0 Å². The van der Waals surface area contributed by atoms with Crippen LogP contribution in [0.4, 0.5) is 0 Å². The van der Waals surface area contributed by atoms with Gasteiger partial charge < -0.3 is 0 Å². The summed E-state index contributed by atoms with van der Waals surface area (Å²) in [6.07, 6.45) is 1.07. The van der Waals surface area contributed by atoms with E-state index in [4.69, 9.17) is 4.18 Å². The molecule has 1 saturated heterocycles. The fourth-order valence-electron chi connectivity index (χ4n) is 1.92. The zero-order valence-corrected chi connectivity index (χ0v) is 8.28. The van der Waals surface area contributed by atoms with Crippen LogP contribution in [0.25, 0.3) is 0 Å². The van der Waals surface area contributed by atoms with Crippen molar-refractivity contribution in [1.82, 2.24) is 0 Å². The van der Waals surface area contributed by atoms with Crippen LogP contribution in [0.5, 0.6) is 0 Å². The Hall–Kier alpha value is -0.190. The van der Waals surface area contributed by atoms with Crippen molar-refractivity contribution >= 4 is 21.6 Å². The van der Waals surface area contributed by atoms with Crippen molar-refractivity contribution in [3.8, 4) is 0 Å². The van der Waals surface area contributed by atoms with Crippen molar-refractivity contribution in [1.29, 1.82) is 0 Å². The number of thiophene rings is 1. The predicted molar refractivity (Wildman–Crippen MR) is 48.5 cm³/mol. The van der Waals surface area contributed by atoms with Crippen LogP contribution in [0.2, 0.25) is 0 Å². The highest BCUT2D eigenvalue weighted by molar-refractivity contribution is 8.01. The second-order valence-corrected chi connectivity index (χ2v) is 7.01. The van der Waals surface area contributed by atoms with Gasteiger partial charge in [0, 0.05) is 6.42 Å². The van der Waals surface area contributed by atoms with E-state index in [1.807, 2.05) is 18.4 Å². The minimum atomic E-state index is -2.09. The molecule has 1 aromatic heterocycles. The fourth-order valence-corrected chi connectivity index (χ4v) is 6.03. The molecule has 2 aliphatic rings. The van der Waals surface area contributed by atoms with Gasteiger partial charge in [0.15, 0.2) is 5.25 Å². The lowest BCUT2D eigenvalue weighted by atomic mass is 10.1. The SMILES string of the molecule is C[C@H]1C[C@@H]2O[S+]1(=O)c1sccc12. The Morgan fingerprint density at radius 3 is 3.42 bits per heavy atom. The minimum absolute atomic E-state index is 0.133. The molecule has 0 amide bonds. The van der Waals surface area contributed by atoms with Gasteiger partial charge in [-0.05, 0) is 18.4 Å². The molecular weight excluding hydrogens is 192 g/mol. The Kier molecular flexibility index (Phi) is 1.21. The third-order valence-corrected chi connectivity index (χ3v) is 6.83. The minimum Gasteiger partial charge on any atom is -0.159 e. The smallest absolute Gasteiger partial charge is 0.159 e. The predicted octanol–water partition coefficient (Wildman–Crippen LogP) is 2.39. The van der Waals surface area contributed by atoms with E-state index in [1.54, 1.807) is 11.3 Å². The summed E-state index contributed by atoms with van der Waals surface area (Å²) in [6, 6.07) is 2.04. The first kappa shape index (κ1) is 7.24. The van der Waals surface area contributed by atoms with Crippen molar-refractivity contribution < 1.29 is 8.39 Å². The molecule has 0 spiro atoms. The Labute approximate surface area is 76.2 Å². The van der Waals surface area contributed by atoms with E-state index < -0.39 is 10.2 Å². The molecule has 3 rings (SSSR count). The topological polar surface area (TPSA) is 26.3 Å².